The molecule has 0 radical (unpaired) electrons. The van der Waals surface area contributed by atoms with Crippen LogP contribution < -0.4 is 5.73 Å². The first-order valence-electron chi connectivity index (χ1n) is 8.53. The molecule has 2 N–H and O–H groups in total. The van der Waals surface area contributed by atoms with Crippen molar-refractivity contribution in [3.63, 3.8) is 0 Å². The summed E-state index contributed by atoms with van der Waals surface area (Å²) in [7, 11) is 0. The molecule has 3 rings (SSSR count). The highest BCUT2D eigenvalue weighted by Gasteiger charge is 2.27. The Morgan fingerprint density at radius 3 is 2.05 bits per heavy atom. The van der Waals surface area contributed by atoms with E-state index in [-0.39, 0.29) is 0 Å². The number of piperazine rings is 1. The van der Waals surface area contributed by atoms with Gasteiger partial charge in [-0.3, -0.25) is 4.90 Å². The van der Waals surface area contributed by atoms with Crippen LogP contribution in [0.25, 0.3) is 0 Å². The smallest absolute Gasteiger partial charge is 0.0113 e. The van der Waals surface area contributed by atoms with Crippen molar-refractivity contribution in [1.29, 1.82) is 0 Å². The lowest BCUT2D eigenvalue weighted by atomic mass is 9.86. The maximum Gasteiger partial charge on any atom is 0.0113 e. The highest BCUT2D eigenvalue weighted by Crippen LogP contribution is 2.26. The standard InChI is InChI=1S/C16H31N3/c17-15-7-5-14(6-8-15)13-18-9-11-19(12-10-18)16-3-1-2-4-16/h14-16H,1-13,17H2. The predicted octanol–water partition coefficient (Wildman–Crippen LogP) is 2.06. The van der Waals surface area contributed by atoms with Gasteiger partial charge in [-0.05, 0) is 44.4 Å². The molecule has 0 atom stereocenters. The molecule has 19 heavy (non-hydrogen) atoms. The second-order valence-corrected chi connectivity index (χ2v) is 7.06. The first-order valence-corrected chi connectivity index (χ1v) is 8.53. The van der Waals surface area contributed by atoms with Gasteiger partial charge in [0.25, 0.3) is 0 Å². The zero-order chi connectivity index (χ0) is 13.1. The summed E-state index contributed by atoms with van der Waals surface area (Å²) in [5.41, 5.74) is 6.00. The number of nitrogens with zero attached hydrogens (tertiary/aromatic N) is 2. The molecule has 3 fully saturated rings. The third kappa shape index (κ3) is 3.71. The molecule has 0 bridgehead atoms. The summed E-state index contributed by atoms with van der Waals surface area (Å²) in [6, 6.07) is 1.42. The molecule has 3 aliphatic rings. The van der Waals surface area contributed by atoms with E-state index < -0.39 is 0 Å². The molecule has 0 amide bonds. The zero-order valence-corrected chi connectivity index (χ0v) is 12.4. The van der Waals surface area contributed by atoms with E-state index >= 15 is 0 Å². The summed E-state index contributed by atoms with van der Waals surface area (Å²) in [6.45, 7) is 6.58. The largest absolute Gasteiger partial charge is 0.328 e. The molecular formula is C16H31N3. The van der Waals surface area contributed by atoms with Crippen molar-refractivity contribution in [2.45, 2.75) is 63.5 Å². The van der Waals surface area contributed by atoms with Crippen LogP contribution in [0.15, 0.2) is 0 Å². The van der Waals surface area contributed by atoms with Crippen molar-refractivity contribution in [2.75, 3.05) is 32.7 Å². The molecular weight excluding hydrogens is 234 g/mol. The van der Waals surface area contributed by atoms with E-state index in [1.807, 2.05) is 0 Å². The summed E-state index contributed by atoms with van der Waals surface area (Å²) in [6.07, 6.45) is 11.1. The molecule has 1 aliphatic heterocycles. The second kappa shape index (κ2) is 6.55. The fraction of sp³-hybridized carbons (Fsp3) is 1.00. The van der Waals surface area contributed by atoms with E-state index in [0.717, 1.165) is 12.0 Å². The summed E-state index contributed by atoms with van der Waals surface area (Å²) in [5.74, 6) is 0.929. The molecule has 2 saturated carbocycles. The SMILES string of the molecule is NC1CCC(CN2CCN(C3CCCC3)CC2)CC1. The molecule has 0 spiro atoms. The normalized spacial score (nSPS) is 35.8. The summed E-state index contributed by atoms with van der Waals surface area (Å²) in [5, 5.41) is 0. The van der Waals surface area contributed by atoms with Gasteiger partial charge in [-0.25, -0.2) is 0 Å². The van der Waals surface area contributed by atoms with Gasteiger partial charge < -0.3 is 10.6 Å². The van der Waals surface area contributed by atoms with Gasteiger partial charge in [-0.1, -0.05) is 12.8 Å². The molecule has 0 aromatic carbocycles. The molecule has 0 aromatic heterocycles. The zero-order valence-electron chi connectivity index (χ0n) is 12.4. The molecule has 2 aliphatic carbocycles. The van der Waals surface area contributed by atoms with Crippen molar-refractivity contribution >= 4 is 0 Å². The molecule has 1 saturated heterocycles. The van der Waals surface area contributed by atoms with Gasteiger partial charge in [0, 0.05) is 44.8 Å². The molecule has 3 nitrogen and oxygen atoms in total. The average Bonchev–Trinajstić information content (AvgIpc) is 2.96. The first-order chi connectivity index (χ1) is 9.31. The Hall–Kier alpha value is -0.120. The minimum atomic E-state index is 0.496. The topological polar surface area (TPSA) is 32.5 Å². The highest BCUT2D eigenvalue weighted by molar-refractivity contribution is 4.83. The van der Waals surface area contributed by atoms with Crippen molar-refractivity contribution in [2.24, 2.45) is 11.7 Å². The Morgan fingerprint density at radius 2 is 1.42 bits per heavy atom. The number of hydrogen-bond acceptors (Lipinski definition) is 3. The van der Waals surface area contributed by atoms with Crippen LogP contribution in [0.5, 0.6) is 0 Å². The van der Waals surface area contributed by atoms with Crippen LogP contribution in [0.1, 0.15) is 51.4 Å². The van der Waals surface area contributed by atoms with Gasteiger partial charge in [0.15, 0.2) is 0 Å². The van der Waals surface area contributed by atoms with Gasteiger partial charge in [0.1, 0.15) is 0 Å². The Morgan fingerprint density at radius 1 is 0.789 bits per heavy atom. The molecule has 3 heteroatoms. The van der Waals surface area contributed by atoms with Gasteiger partial charge in [-0.2, -0.15) is 0 Å². The van der Waals surface area contributed by atoms with Crippen LogP contribution in [-0.2, 0) is 0 Å². The van der Waals surface area contributed by atoms with Crippen molar-refractivity contribution in [3.05, 3.63) is 0 Å². The Bertz CT molecular complexity index is 259. The van der Waals surface area contributed by atoms with Crippen molar-refractivity contribution in [1.82, 2.24) is 9.80 Å². The lowest BCUT2D eigenvalue weighted by Gasteiger charge is -2.40. The van der Waals surface area contributed by atoms with Crippen LogP contribution >= 0.6 is 0 Å². The van der Waals surface area contributed by atoms with Gasteiger partial charge in [-0.15, -0.1) is 0 Å². The van der Waals surface area contributed by atoms with E-state index in [1.165, 1.54) is 84.1 Å². The van der Waals surface area contributed by atoms with Crippen LogP contribution in [0.3, 0.4) is 0 Å². The van der Waals surface area contributed by atoms with E-state index in [9.17, 15) is 0 Å². The first kappa shape index (κ1) is 13.8. The predicted molar refractivity (Wildman–Crippen MR) is 80.2 cm³/mol. The van der Waals surface area contributed by atoms with Crippen molar-refractivity contribution < 1.29 is 0 Å². The Kier molecular flexibility index (Phi) is 4.78. The van der Waals surface area contributed by atoms with Crippen LogP contribution in [0.2, 0.25) is 0 Å². The fourth-order valence-electron chi connectivity index (χ4n) is 4.32. The maximum absolute atomic E-state index is 6.00. The third-order valence-electron chi connectivity index (χ3n) is 5.66. The van der Waals surface area contributed by atoms with E-state index in [2.05, 4.69) is 9.80 Å². The molecule has 0 unspecified atom stereocenters. The van der Waals surface area contributed by atoms with Crippen LogP contribution in [-0.4, -0.2) is 54.6 Å². The van der Waals surface area contributed by atoms with Crippen LogP contribution in [0.4, 0.5) is 0 Å². The van der Waals surface area contributed by atoms with E-state index in [0.29, 0.717) is 6.04 Å². The molecule has 1 heterocycles. The minimum absolute atomic E-state index is 0.496. The Balaban J connectivity index is 1.38. The second-order valence-electron chi connectivity index (χ2n) is 7.06. The third-order valence-corrected chi connectivity index (χ3v) is 5.66. The number of nitrogens with two attached hydrogens (primary N) is 1. The molecule has 0 aromatic rings. The van der Waals surface area contributed by atoms with Gasteiger partial charge >= 0.3 is 0 Å². The monoisotopic (exact) mass is 265 g/mol. The van der Waals surface area contributed by atoms with Gasteiger partial charge in [0.05, 0.1) is 0 Å². The van der Waals surface area contributed by atoms with Gasteiger partial charge in [0.2, 0.25) is 0 Å². The minimum Gasteiger partial charge on any atom is -0.328 e. The summed E-state index contributed by atoms with van der Waals surface area (Å²) >= 11 is 0. The maximum atomic E-state index is 6.00. The fourth-order valence-corrected chi connectivity index (χ4v) is 4.32. The Labute approximate surface area is 118 Å². The molecule has 110 valence electrons. The van der Waals surface area contributed by atoms with Crippen molar-refractivity contribution in [3.8, 4) is 0 Å². The summed E-state index contributed by atoms with van der Waals surface area (Å²) < 4.78 is 0. The van der Waals surface area contributed by atoms with E-state index in [1.54, 1.807) is 0 Å². The lowest BCUT2D eigenvalue weighted by Crippen LogP contribution is -2.50. The number of rotatable bonds is 3. The van der Waals surface area contributed by atoms with Crippen LogP contribution in [0, 0.1) is 5.92 Å². The lowest BCUT2D eigenvalue weighted by molar-refractivity contribution is 0.0816. The average molecular weight is 265 g/mol. The highest BCUT2D eigenvalue weighted by atomic mass is 15.3. The van der Waals surface area contributed by atoms with E-state index in [4.69, 9.17) is 5.73 Å². The summed E-state index contributed by atoms with van der Waals surface area (Å²) in [4.78, 5) is 5.48. The quantitative estimate of drug-likeness (QED) is 0.848. The number of hydrogen-bond donors (Lipinski definition) is 1.